The number of piperidine rings is 1. The van der Waals surface area contributed by atoms with Crippen molar-refractivity contribution in [1.82, 2.24) is 9.97 Å². The molecule has 2 rings (SSSR count). The van der Waals surface area contributed by atoms with E-state index in [0.717, 1.165) is 31.9 Å². The molecule has 1 saturated heterocycles. The lowest BCUT2D eigenvalue weighted by molar-refractivity contribution is 0.352. The minimum atomic E-state index is 0.309. The van der Waals surface area contributed by atoms with Crippen LogP contribution in [-0.2, 0) is 0 Å². The first-order chi connectivity index (χ1) is 7.27. The minimum absolute atomic E-state index is 0.309. The molecule has 2 N–H and O–H groups in total. The molecule has 0 bridgehead atoms. The molecular weight excluding hydrogens is 188 g/mol. The van der Waals surface area contributed by atoms with Gasteiger partial charge in [0.15, 0.2) is 0 Å². The third-order valence-electron chi connectivity index (χ3n) is 3.12. The number of hydrogen-bond acceptors (Lipinski definition) is 4. The number of aromatic nitrogens is 2. The van der Waals surface area contributed by atoms with Crippen molar-refractivity contribution < 1.29 is 0 Å². The van der Waals surface area contributed by atoms with Crippen LogP contribution in [0.5, 0.6) is 0 Å². The van der Waals surface area contributed by atoms with Gasteiger partial charge < -0.3 is 10.6 Å². The van der Waals surface area contributed by atoms with E-state index in [9.17, 15) is 0 Å². The van der Waals surface area contributed by atoms with Crippen molar-refractivity contribution in [3.63, 3.8) is 0 Å². The van der Waals surface area contributed by atoms with E-state index in [4.69, 9.17) is 5.73 Å². The molecule has 15 heavy (non-hydrogen) atoms. The van der Waals surface area contributed by atoms with Crippen LogP contribution in [0.2, 0.25) is 0 Å². The molecule has 0 aromatic carbocycles. The highest BCUT2D eigenvalue weighted by Gasteiger charge is 2.22. The summed E-state index contributed by atoms with van der Waals surface area (Å²) in [6, 6.07) is 2.15. The SMILES string of the molecule is CC(N)C1CCN(c2ncccn2)CC1. The maximum atomic E-state index is 5.90. The van der Waals surface area contributed by atoms with E-state index in [2.05, 4.69) is 21.8 Å². The Bertz CT molecular complexity index is 291. The molecule has 2 heterocycles. The third-order valence-corrected chi connectivity index (χ3v) is 3.12. The van der Waals surface area contributed by atoms with Gasteiger partial charge in [-0.1, -0.05) is 0 Å². The maximum Gasteiger partial charge on any atom is 0.225 e. The summed E-state index contributed by atoms with van der Waals surface area (Å²) in [7, 11) is 0. The molecule has 0 amide bonds. The van der Waals surface area contributed by atoms with Crippen molar-refractivity contribution in [2.75, 3.05) is 18.0 Å². The highest BCUT2D eigenvalue weighted by molar-refractivity contribution is 5.28. The normalized spacial score (nSPS) is 20.3. The molecule has 0 aliphatic carbocycles. The van der Waals surface area contributed by atoms with Crippen LogP contribution in [0.15, 0.2) is 18.5 Å². The van der Waals surface area contributed by atoms with Crippen LogP contribution in [0, 0.1) is 5.92 Å². The van der Waals surface area contributed by atoms with Crippen LogP contribution >= 0.6 is 0 Å². The summed E-state index contributed by atoms with van der Waals surface area (Å²) in [5.41, 5.74) is 5.90. The molecule has 0 spiro atoms. The molecule has 1 aliphatic heterocycles. The van der Waals surface area contributed by atoms with Crippen LogP contribution in [-0.4, -0.2) is 29.1 Å². The average Bonchev–Trinajstić information content (AvgIpc) is 2.30. The van der Waals surface area contributed by atoms with Crippen molar-refractivity contribution >= 4 is 5.95 Å². The van der Waals surface area contributed by atoms with Crippen molar-refractivity contribution in [1.29, 1.82) is 0 Å². The van der Waals surface area contributed by atoms with Gasteiger partial charge in [0, 0.05) is 31.5 Å². The van der Waals surface area contributed by atoms with Crippen LogP contribution < -0.4 is 10.6 Å². The van der Waals surface area contributed by atoms with E-state index >= 15 is 0 Å². The fourth-order valence-electron chi connectivity index (χ4n) is 2.08. The fourth-order valence-corrected chi connectivity index (χ4v) is 2.08. The van der Waals surface area contributed by atoms with Crippen LogP contribution in [0.1, 0.15) is 19.8 Å². The summed E-state index contributed by atoms with van der Waals surface area (Å²) in [6.45, 7) is 4.14. The molecule has 4 heteroatoms. The van der Waals surface area contributed by atoms with Gasteiger partial charge in [0.25, 0.3) is 0 Å². The highest BCUT2D eigenvalue weighted by Crippen LogP contribution is 2.21. The van der Waals surface area contributed by atoms with E-state index in [-0.39, 0.29) is 0 Å². The number of anilines is 1. The molecule has 1 aliphatic rings. The van der Waals surface area contributed by atoms with Crippen LogP contribution in [0.3, 0.4) is 0 Å². The third kappa shape index (κ3) is 2.45. The van der Waals surface area contributed by atoms with E-state index < -0.39 is 0 Å². The molecule has 1 aromatic heterocycles. The predicted molar refractivity (Wildman–Crippen MR) is 60.6 cm³/mol. The number of hydrogen-bond donors (Lipinski definition) is 1. The smallest absolute Gasteiger partial charge is 0.225 e. The Hall–Kier alpha value is -1.16. The van der Waals surface area contributed by atoms with Gasteiger partial charge in [-0.15, -0.1) is 0 Å². The highest BCUT2D eigenvalue weighted by atomic mass is 15.2. The molecule has 1 aromatic rings. The zero-order valence-corrected chi connectivity index (χ0v) is 9.13. The summed E-state index contributed by atoms with van der Waals surface area (Å²) in [6.07, 6.45) is 5.88. The Balaban J connectivity index is 1.94. The van der Waals surface area contributed by atoms with Gasteiger partial charge in [0.1, 0.15) is 0 Å². The number of nitrogens with zero attached hydrogens (tertiary/aromatic N) is 3. The first kappa shape index (κ1) is 10.4. The van der Waals surface area contributed by atoms with Gasteiger partial charge in [0.2, 0.25) is 5.95 Å². The summed E-state index contributed by atoms with van der Waals surface area (Å²) in [5.74, 6) is 1.51. The average molecular weight is 206 g/mol. The first-order valence-electron chi connectivity index (χ1n) is 5.55. The van der Waals surface area contributed by atoms with Crippen LogP contribution in [0.25, 0.3) is 0 Å². The van der Waals surface area contributed by atoms with Crippen molar-refractivity contribution in [3.8, 4) is 0 Å². The van der Waals surface area contributed by atoms with E-state index in [1.54, 1.807) is 12.4 Å². The largest absolute Gasteiger partial charge is 0.341 e. The van der Waals surface area contributed by atoms with Gasteiger partial charge in [-0.2, -0.15) is 0 Å². The lowest BCUT2D eigenvalue weighted by Gasteiger charge is -2.33. The summed E-state index contributed by atoms with van der Waals surface area (Å²) in [4.78, 5) is 10.7. The molecule has 4 nitrogen and oxygen atoms in total. The number of rotatable bonds is 2. The quantitative estimate of drug-likeness (QED) is 0.785. The molecule has 0 radical (unpaired) electrons. The van der Waals surface area contributed by atoms with Crippen LogP contribution in [0.4, 0.5) is 5.95 Å². The predicted octanol–water partition coefficient (Wildman–Crippen LogP) is 1.04. The van der Waals surface area contributed by atoms with Gasteiger partial charge in [0.05, 0.1) is 0 Å². The first-order valence-corrected chi connectivity index (χ1v) is 5.55. The molecule has 1 fully saturated rings. The van der Waals surface area contributed by atoms with Crippen molar-refractivity contribution in [3.05, 3.63) is 18.5 Å². The maximum absolute atomic E-state index is 5.90. The Morgan fingerprint density at radius 2 is 1.93 bits per heavy atom. The van der Waals surface area contributed by atoms with Gasteiger partial charge in [-0.3, -0.25) is 0 Å². The molecule has 1 atom stereocenters. The number of nitrogens with two attached hydrogens (primary N) is 1. The topological polar surface area (TPSA) is 55.0 Å². The van der Waals surface area contributed by atoms with Gasteiger partial charge in [-0.05, 0) is 31.7 Å². The second kappa shape index (κ2) is 4.57. The van der Waals surface area contributed by atoms with Gasteiger partial charge in [-0.25, -0.2) is 9.97 Å². The Kier molecular flexibility index (Phi) is 3.16. The molecule has 82 valence electrons. The molecular formula is C11H18N4. The monoisotopic (exact) mass is 206 g/mol. The van der Waals surface area contributed by atoms with Crippen molar-refractivity contribution in [2.24, 2.45) is 11.7 Å². The van der Waals surface area contributed by atoms with E-state index in [1.807, 2.05) is 6.07 Å². The fraction of sp³-hybridized carbons (Fsp3) is 0.636. The molecule has 0 saturated carbocycles. The minimum Gasteiger partial charge on any atom is -0.341 e. The summed E-state index contributed by atoms with van der Waals surface area (Å²) < 4.78 is 0. The van der Waals surface area contributed by atoms with Crippen molar-refractivity contribution in [2.45, 2.75) is 25.8 Å². The van der Waals surface area contributed by atoms with E-state index in [0.29, 0.717) is 12.0 Å². The second-order valence-electron chi connectivity index (χ2n) is 4.23. The lowest BCUT2D eigenvalue weighted by atomic mass is 9.91. The van der Waals surface area contributed by atoms with E-state index in [1.165, 1.54) is 0 Å². The zero-order chi connectivity index (χ0) is 10.7. The van der Waals surface area contributed by atoms with Gasteiger partial charge >= 0.3 is 0 Å². The molecule has 1 unspecified atom stereocenters. The summed E-state index contributed by atoms with van der Waals surface area (Å²) >= 11 is 0. The Labute approximate surface area is 90.5 Å². The standard InChI is InChI=1S/C11H18N4/c1-9(12)10-3-7-15(8-4-10)11-13-5-2-6-14-11/h2,5-6,9-10H,3-4,7-8,12H2,1H3. The second-order valence-corrected chi connectivity index (χ2v) is 4.23. The Morgan fingerprint density at radius 1 is 1.33 bits per heavy atom. The Morgan fingerprint density at radius 3 is 2.47 bits per heavy atom. The zero-order valence-electron chi connectivity index (χ0n) is 9.13. The lowest BCUT2D eigenvalue weighted by Crippen LogP contribution is -2.40. The summed E-state index contributed by atoms with van der Waals surface area (Å²) in [5, 5.41) is 0.